The number of carbonyl (C=O) groups is 2. The van der Waals surface area contributed by atoms with Crippen molar-refractivity contribution in [3.05, 3.63) is 82.0 Å². The van der Waals surface area contributed by atoms with Crippen molar-refractivity contribution in [3.63, 3.8) is 0 Å². The second kappa shape index (κ2) is 10.1. The van der Waals surface area contributed by atoms with Crippen molar-refractivity contribution in [1.82, 2.24) is 9.88 Å². The quantitative estimate of drug-likeness (QED) is 0.368. The molecule has 0 bridgehead atoms. The summed E-state index contributed by atoms with van der Waals surface area (Å²) >= 11 is 3.13. The molecule has 0 aliphatic carbocycles. The molecule has 33 heavy (non-hydrogen) atoms. The summed E-state index contributed by atoms with van der Waals surface area (Å²) in [6.07, 6.45) is 0.199. The van der Waals surface area contributed by atoms with Crippen molar-refractivity contribution in [2.75, 3.05) is 18.9 Å². The molecule has 0 aliphatic rings. The van der Waals surface area contributed by atoms with E-state index in [0.717, 1.165) is 42.8 Å². The van der Waals surface area contributed by atoms with Crippen molar-refractivity contribution in [2.24, 2.45) is 0 Å². The van der Waals surface area contributed by atoms with Gasteiger partial charge in [0.25, 0.3) is 0 Å². The summed E-state index contributed by atoms with van der Waals surface area (Å²) in [7, 11) is 1.66. The molecule has 5 nitrogen and oxygen atoms in total. The molecule has 168 valence electrons. The number of thiazole rings is 1. The minimum atomic E-state index is -0.212. The van der Waals surface area contributed by atoms with Crippen LogP contribution in [-0.4, -0.2) is 35.3 Å². The van der Waals surface area contributed by atoms with Gasteiger partial charge in [-0.15, -0.1) is 22.7 Å². The minimum Gasteiger partial charge on any atom is -0.336 e. The van der Waals surface area contributed by atoms with Gasteiger partial charge >= 0.3 is 0 Å². The maximum absolute atomic E-state index is 13.0. The zero-order valence-corrected chi connectivity index (χ0v) is 20.4. The van der Waals surface area contributed by atoms with Crippen LogP contribution in [-0.2, 0) is 16.0 Å². The van der Waals surface area contributed by atoms with Crippen LogP contribution in [0.25, 0.3) is 21.1 Å². The molecule has 0 unspecified atom stereocenters. The average Bonchev–Trinajstić information content (AvgIpc) is 3.47. The SMILES string of the molecule is Cc1cccc(C)c1NC(=O)CN(C)C(=O)Cc1sc(-c2ccccc2)nc1-c1cccs1. The summed E-state index contributed by atoms with van der Waals surface area (Å²) in [5, 5.41) is 5.84. The number of para-hydroxylation sites is 1. The highest BCUT2D eigenvalue weighted by Gasteiger charge is 2.21. The second-order valence-corrected chi connectivity index (χ2v) is 9.91. The lowest BCUT2D eigenvalue weighted by Gasteiger charge is -2.18. The lowest BCUT2D eigenvalue weighted by Crippen LogP contribution is -2.36. The highest BCUT2D eigenvalue weighted by atomic mass is 32.1. The van der Waals surface area contributed by atoms with E-state index in [0.29, 0.717) is 0 Å². The van der Waals surface area contributed by atoms with Crippen molar-refractivity contribution >= 4 is 40.2 Å². The van der Waals surface area contributed by atoms with E-state index in [2.05, 4.69) is 5.32 Å². The summed E-state index contributed by atoms with van der Waals surface area (Å²) in [6, 6.07) is 19.8. The number of nitrogens with zero attached hydrogens (tertiary/aromatic N) is 2. The molecule has 0 spiro atoms. The van der Waals surface area contributed by atoms with E-state index in [-0.39, 0.29) is 24.8 Å². The molecule has 0 atom stereocenters. The third-order valence-electron chi connectivity index (χ3n) is 5.34. The normalized spacial score (nSPS) is 10.8. The van der Waals surface area contributed by atoms with Crippen LogP contribution in [0.5, 0.6) is 0 Å². The van der Waals surface area contributed by atoms with Gasteiger partial charge in [0.05, 0.1) is 23.5 Å². The Morgan fingerprint density at radius 2 is 1.70 bits per heavy atom. The average molecular weight is 476 g/mol. The number of aryl methyl sites for hydroxylation is 2. The maximum atomic E-state index is 13.0. The van der Waals surface area contributed by atoms with Crippen molar-refractivity contribution < 1.29 is 9.59 Å². The van der Waals surface area contributed by atoms with Crippen LogP contribution in [0.15, 0.2) is 66.0 Å². The number of nitrogens with one attached hydrogen (secondary N) is 1. The zero-order chi connectivity index (χ0) is 23.4. The Balaban J connectivity index is 1.49. The van der Waals surface area contributed by atoms with Gasteiger partial charge in [-0.25, -0.2) is 4.98 Å². The first-order valence-corrected chi connectivity index (χ1v) is 12.3. The molecular formula is C26H25N3O2S2. The number of carbonyl (C=O) groups excluding carboxylic acids is 2. The fraction of sp³-hybridized carbons (Fsp3) is 0.192. The highest BCUT2D eigenvalue weighted by Crippen LogP contribution is 2.36. The van der Waals surface area contributed by atoms with Crippen molar-refractivity contribution in [2.45, 2.75) is 20.3 Å². The van der Waals surface area contributed by atoms with E-state index in [1.165, 1.54) is 16.2 Å². The van der Waals surface area contributed by atoms with Gasteiger partial charge in [-0.3, -0.25) is 9.59 Å². The number of thiophene rings is 1. The van der Waals surface area contributed by atoms with Gasteiger partial charge in [-0.05, 0) is 36.4 Å². The Labute approximate surface area is 201 Å². The lowest BCUT2D eigenvalue weighted by atomic mass is 10.1. The molecule has 1 N–H and O–H groups in total. The number of hydrogen-bond donors (Lipinski definition) is 1. The van der Waals surface area contributed by atoms with E-state index in [4.69, 9.17) is 4.98 Å². The molecule has 0 radical (unpaired) electrons. The number of aromatic nitrogens is 1. The van der Waals surface area contributed by atoms with Crippen LogP contribution in [0, 0.1) is 13.8 Å². The Bertz CT molecular complexity index is 1240. The van der Waals surface area contributed by atoms with E-state index < -0.39 is 0 Å². The monoisotopic (exact) mass is 475 g/mol. The summed E-state index contributed by atoms with van der Waals surface area (Å²) in [5.74, 6) is -0.330. The molecule has 2 aromatic carbocycles. The van der Waals surface area contributed by atoms with E-state index >= 15 is 0 Å². The molecule has 2 aromatic heterocycles. The smallest absolute Gasteiger partial charge is 0.243 e. The molecular weight excluding hydrogens is 450 g/mol. The fourth-order valence-corrected chi connectivity index (χ4v) is 5.43. The van der Waals surface area contributed by atoms with Crippen LogP contribution < -0.4 is 5.32 Å². The Morgan fingerprint density at radius 3 is 2.36 bits per heavy atom. The standard InChI is InChI=1S/C26H25N3O2S2/c1-17-9-7-10-18(2)24(17)27-22(30)16-29(3)23(31)15-21-25(20-13-8-14-32-20)28-26(33-21)19-11-5-4-6-12-19/h4-14H,15-16H2,1-3H3,(H,27,30). The number of likely N-dealkylation sites (N-methyl/N-ethyl adjacent to an activating group) is 1. The number of anilines is 1. The molecule has 0 saturated heterocycles. The summed E-state index contributed by atoms with van der Waals surface area (Å²) < 4.78 is 0. The molecule has 0 fully saturated rings. The summed E-state index contributed by atoms with van der Waals surface area (Å²) in [6.45, 7) is 3.90. The number of hydrogen-bond acceptors (Lipinski definition) is 5. The molecule has 7 heteroatoms. The lowest BCUT2D eigenvalue weighted by molar-refractivity contribution is -0.132. The number of rotatable bonds is 7. The first kappa shape index (κ1) is 22.9. The maximum Gasteiger partial charge on any atom is 0.243 e. The second-order valence-electron chi connectivity index (χ2n) is 7.88. The first-order chi connectivity index (χ1) is 15.9. The van der Waals surface area contributed by atoms with Gasteiger partial charge < -0.3 is 10.2 Å². The Morgan fingerprint density at radius 1 is 0.970 bits per heavy atom. The van der Waals surface area contributed by atoms with Crippen LogP contribution in [0.3, 0.4) is 0 Å². The number of amides is 2. The molecule has 4 rings (SSSR count). The van der Waals surface area contributed by atoms with Crippen LogP contribution in [0.2, 0.25) is 0 Å². The molecule has 2 heterocycles. The van der Waals surface area contributed by atoms with Crippen LogP contribution >= 0.6 is 22.7 Å². The number of benzene rings is 2. The first-order valence-electron chi connectivity index (χ1n) is 10.6. The van der Waals surface area contributed by atoms with E-state index in [9.17, 15) is 9.59 Å². The molecule has 2 amide bonds. The topological polar surface area (TPSA) is 62.3 Å². The third-order valence-corrected chi connectivity index (χ3v) is 7.32. The summed E-state index contributed by atoms with van der Waals surface area (Å²) in [5.41, 5.74) is 4.67. The van der Waals surface area contributed by atoms with Crippen molar-refractivity contribution in [1.29, 1.82) is 0 Å². The predicted molar refractivity (Wildman–Crippen MR) is 137 cm³/mol. The predicted octanol–water partition coefficient (Wildman–Crippen LogP) is 5.80. The van der Waals surface area contributed by atoms with Gasteiger partial charge in [0, 0.05) is 23.2 Å². The summed E-state index contributed by atoms with van der Waals surface area (Å²) in [4.78, 5) is 33.9. The van der Waals surface area contributed by atoms with Gasteiger partial charge in [0.15, 0.2) is 0 Å². The zero-order valence-electron chi connectivity index (χ0n) is 18.8. The third kappa shape index (κ3) is 5.38. The van der Waals surface area contributed by atoms with Gasteiger partial charge in [-0.2, -0.15) is 0 Å². The van der Waals surface area contributed by atoms with E-state index in [1.54, 1.807) is 18.4 Å². The Hall–Kier alpha value is -3.29. The van der Waals surface area contributed by atoms with Gasteiger partial charge in [0.1, 0.15) is 5.01 Å². The van der Waals surface area contributed by atoms with Gasteiger partial charge in [-0.1, -0.05) is 54.6 Å². The largest absolute Gasteiger partial charge is 0.336 e. The molecule has 0 saturated carbocycles. The molecule has 0 aliphatic heterocycles. The fourth-order valence-electron chi connectivity index (χ4n) is 3.55. The molecule has 4 aromatic rings. The van der Waals surface area contributed by atoms with Gasteiger partial charge in [0.2, 0.25) is 11.8 Å². The van der Waals surface area contributed by atoms with Crippen LogP contribution in [0.1, 0.15) is 16.0 Å². The van der Waals surface area contributed by atoms with Crippen LogP contribution in [0.4, 0.5) is 5.69 Å². The Kier molecular flexibility index (Phi) is 7.01. The van der Waals surface area contributed by atoms with Crippen molar-refractivity contribution in [3.8, 4) is 21.1 Å². The highest BCUT2D eigenvalue weighted by molar-refractivity contribution is 7.17. The van der Waals surface area contributed by atoms with E-state index in [1.807, 2.05) is 79.9 Å². The minimum absolute atomic E-state index is 0.00864.